The molecule has 1 saturated heterocycles. The summed E-state index contributed by atoms with van der Waals surface area (Å²) < 4.78 is 0. The van der Waals surface area contributed by atoms with Crippen molar-refractivity contribution in [3.05, 3.63) is 28.3 Å². The number of amides is 1. The zero-order chi connectivity index (χ0) is 14.7. The summed E-state index contributed by atoms with van der Waals surface area (Å²) in [5.74, 6) is 0.0285. The van der Waals surface area contributed by atoms with Crippen LogP contribution in [0.15, 0.2) is 12.1 Å². The van der Waals surface area contributed by atoms with Gasteiger partial charge in [-0.05, 0) is 63.9 Å². The number of hydrogen-bond acceptors (Lipinski definition) is 2. The fraction of sp³-hybridized carbons (Fsp3) is 0.562. The topological polar surface area (TPSA) is 32.3 Å². The zero-order valence-corrected chi connectivity index (χ0v) is 13.3. The molecule has 1 aromatic carbocycles. The fourth-order valence-corrected chi connectivity index (χ4v) is 3.14. The van der Waals surface area contributed by atoms with Crippen molar-refractivity contribution in [2.24, 2.45) is 0 Å². The van der Waals surface area contributed by atoms with Crippen molar-refractivity contribution in [2.75, 3.05) is 18.4 Å². The summed E-state index contributed by atoms with van der Waals surface area (Å²) in [6, 6.07) is 3.81. The van der Waals surface area contributed by atoms with Gasteiger partial charge in [0.25, 0.3) is 0 Å². The van der Waals surface area contributed by atoms with Crippen LogP contribution in [0.5, 0.6) is 0 Å². The molecular formula is C16H23ClN2O. The average molecular weight is 295 g/mol. The third-order valence-electron chi connectivity index (χ3n) is 4.00. The molecular weight excluding hydrogens is 272 g/mol. The van der Waals surface area contributed by atoms with E-state index in [1.165, 1.54) is 19.3 Å². The number of halogens is 1. The van der Waals surface area contributed by atoms with Crippen LogP contribution in [0, 0.1) is 13.8 Å². The number of anilines is 1. The maximum atomic E-state index is 12.4. The minimum absolute atomic E-state index is 0.0285. The Morgan fingerprint density at radius 3 is 2.50 bits per heavy atom. The number of carbonyl (C=O) groups excluding carboxylic acids is 1. The molecule has 1 N–H and O–H groups in total. The molecule has 1 fully saturated rings. The molecule has 110 valence electrons. The van der Waals surface area contributed by atoms with E-state index in [1.54, 1.807) is 0 Å². The standard InChI is InChI=1S/C16H23ClN2O/c1-11-9-12(2)15(14(17)10-11)18-16(20)13(3)19-7-5-4-6-8-19/h9-10,13H,4-8H2,1-3H3,(H,18,20)/t13-/m0/s1. The van der Waals surface area contributed by atoms with E-state index in [2.05, 4.69) is 10.2 Å². The van der Waals surface area contributed by atoms with Crippen molar-refractivity contribution in [2.45, 2.75) is 46.1 Å². The van der Waals surface area contributed by atoms with Crippen LogP contribution in [-0.2, 0) is 4.79 Å². The Hall–Kier alpha value is -1.06. The van der Waals surface area contributed by atoms with Crippen LogP contribution >= 0.6 is 11.6 Å². The van der Waals surface area contributed by atoms with E-state index in [9.17, 15) is 4.79 Å². The Morgan fingerprint density at radius 1 is 1.25 bits per heavy atom. The van der Waals surface area contributed by atoms with Crippen molar-refractivity contribution in [3.8, 4) is 0 Å². The van der Waals surface area contributed by atoms with Crippen LogP contribution < -0.4 is 5.32 Å². The molecule has 0 unspecified atom stereocenters. The molecule has 0 saturated carbocycles. The van der Waals surface area contributed by atoms with Crippen LogP contribution in [0.4, 0.5) is 5.69 Å². The van der Waals surface area contributed by atoms with Gasteiger partial charge in [0.2, 0.25) is 5.91 Å². The largest absolute Gasteiger partial charge is 0.323 e. The molecule has 0 spiro atoms. The number of nitrogens with zero attached hydrogens (tertiary/aromatic N) is 1. The second-order valence-electron chi connectivity index (χ2n) is 5.70. The zero-order valence-electron chi connectivity index (χ0n) is 12.5. The highest BCUT2D eigenvalue weighted by atomic mass is 35.5. The third kappa shape index (κ3) is 3.53. The first-order valence-electron chi connectivity index (χ1n) is 7.30. The number of benzene rings is 1. The molecule has 3 nitrogen and oxygen atoms in total. The van der Waals surface area contributed by atoms with Crippen molar-refractivity contribution in [1.82, 2.24) is 4.90 Å². The van der Waals surface area contributed by atoms with Crippen molar-refractivity contribution >= 4 is 23.2 Å². The maximum absolute atomic E-state index is 12.4. The summed E-state index contributed by atoms with van der Waals surface area (Å²) in [5.41, 5.74) is 2.86. The molecule has 0 aliphatic carbocycles. The molecule has 2 rings (SSSR count). The molecule has 1 aliphatic heterocycles. The molecule has 1 amide bonds. The van der Waals surface area contributed by atoms with Crippen LogP contribution in [0.2, 0.25) is 5.02 Å². The van der Waals surface area contributed by atoms with Crippen LogP contribution in [0.3, 0.4) is 0 Å². The lowest BCUT2D eigenvalue weighted by Gasteiger charge is -2.31. The smallest absolute Gasteiger partial charge is 0.241 e. The number of carbonyl (C=O) groups is 1. The monoisotopic (exact) mass is 294 g/mol. The molecule has 1 aromatic rings. The molecule has 1 atom stereocenters. The highest BCUT2D eigenvalue weighted by Gasteiger charge is 2.23. The SMILES string of the molecule is Cc1cc(C)c(NC(=O)[C@H](C)N2CCCCC2)c(Cl)c1. The fourth-order valence-electron chi connectivity index (χ4n) is 2.77. The van der Waals surface area contributed by atoms with Gasteiger partial charge in [0, 0.05) is 0 Å². The van der Waals surface area contributed by atoms with Crippen molar-refractivity contribution < 1.29 is 4.79 Å². The van der Waals surface area contributed by atoms with Crippen molar-refractivity contribution in [1.29, 1.82) is 0 Å². The number of nitrogens with one attached hydrogen (secondary N) is 1. The Morgan fingerprint density at radius 2 is 1.90 bits per heavy atom. The van der Waals surface area contributed by atoms with Gasteiger partial charge in [-0.15, -0.1) is 0 Å². The van der Waals surface area contributed by atoms with E-state index in [1.807, 2.05) is 32.9 Å². The first kappa shape index (κ1) is 15.3. The molecule has 0 bridgehead atoms. The third-order valence-corrected chi connectivity index (χ3v) is 4.30. The van der Waals surface area contributed by atoms with Gasteiger partial charge in [0.05, 0.1) is 16.8 Å². The summed E-state index contributed by atoms with van der Waals surface area (Å²) >= 11 is 6.24. The Bertz CT molecular complexity index is 472. The lowest BCUT2D eigenvalue weighted by molar-refractivity contribution is -0.121. The van der Waals surface area contributed by atoms with Gasteiger partial charge < -0.3 is 5.32 Å². The lowest BCUT2D eigenvalue weighted by Crippen LogP contribution is -2.44. The average Bonchev–Trinajstić information content (AvgIpc) is 2.42. The summed E-state index contributed by atoms with van der Waals surface area (Å²) in [7, 11) is 0. The quantitative estimate of drug-likeness (QED) is 0.920. The summed E-state index contributed by atoms with van der Waals surface area (Å²) in [4.78, 5) is 14.6. The van der Waals surface area contributed by atoms with E-state index in [0.717, 1.165) is 29.9 Å². The number of hydrogen-bond donors (Lipinski definition) is 1. The van der Waals surface area contributed by atoms with Gasteiger partial charge in [0.15, 0.2) is 0 Å². The van der Waals surface area contributed by atoms with Gasteiger partial charge >= 0.3 is 0 Å². The van der Waals surface area contributed by atoms with Gasteiger partial charge in [-0.25, -0.2) is 0 Å². The highest BCUT2D eigenvalue weighted by Crippen LogP contribution is 2.27. The normalized spacial score (nSPS) is 17.8. The minimum Gasteiger partial charge on any atom is -0.323 e. The predicted octanol–water partition coefficient (Wildman–Crippen LogP) is 3.77. The first-order valence-corrected chi connectivity index (χ1v) is 7.68. The van der Waals surface area contributed by atoms with E-state index < -0.39 is 0 Å². The maximum Gasteiger partial charge on any atom is 0.241 e. The van der Waals surface area contributed by atoms with Gasteiger partial charge in [-0.2, -0.15) is 0 Å². The van der Waals surface area contributed by atoms with Crippen LogP contribution in [0.1, 0.15) is 37.3 Å². The summed E-state index contributed by atoms with van der Waals surface area (Å²) in [6.45, 7) is 7.96. The Labute approximate surface area is 126 Å². The van der Waals surface area contributed by atoms with E-state index in [4.69, 9.17) is 11.6 Å². The summed E-state index contributed by atoms with van der Waals surface area (Å²) in [5, 5.41) is 3.60. The second-order valence-corrected chi connectivity index (χ2v) is 6.11. The number of aryl methyl sites for hydroxylation is 2. The predicted molar refractivity (Wildman–Crippen MR) is 84.4 cm³/mol. The van der Waals surface area contributed by atoms with Crippen molar-refractivity contribution in [3.63, 3.8) is 0 Å². The first-order chi connectivity index (χ1) is 9.49. The van der Waals surface area contributed by atoms with Crippen LogP contribution in [0.25, 0.3) is 0 Å². The number of piperidine rings is 1. The summed E-state index contributed by atoms with van der Waals surface area (Å²) in [6.07, 6.45) is 3.64. The molecule has 20 heavy (non-hydrogen) atoms. The molecule has 0 radical (unpaired) electrons. The molecule has 4 heteroatoms. The van der Waals surface area contributed by atoms with Gasteiger partial charge in [0.1, 0.15) is 0 Å². The molecule has 1 heterocycles. The molecule has 0 aromatic heterocycles. The van der Waals surface area contributed by atoms with Gasteiger partial charge in [-0.1, -0.05) is 24.1 Å². The Kier molecular flexibility index (Phi) is 5.06. The van der Waals surface area contributed by atoms with E-state index in [-0.39, 0.29) is 11.9 Å². The van der Waals surface area contributed by atoms with Gasteiger partial charge in [-0.3, -0.25) is 9.69 Å². The van der Waals surface area contributed by atoms with Crippen LogP contribution in [-0.4, -0.2) is 29.9 Å². The molecule has 1 aliphatic rings. The minimum atomic E-state index is -0.105. The van der Waals surface area contributed by atoms with E-state index in [0.29, 0.717) is 5.02 Å². The number of likely N-dealkylation sites (tertiary alicyclic amines) is 1. The number of rotatable bonds is 3. The second kappa shape index (κ2) is 6.59. The Balaban J connectivity index is 2.07. The lowest BCUT2D eigenvalue weighted by atomic mass is 10.1. The van der Waals surface area contributed by atoms with E-state index >= 15 is 0 Å². The highest BCUT2D eigenvalue weighted by molar-refractivity contribution is 6.34.